The van der Waals surface area contributed by atoms with Gasteiger partial charge in [-0.2, -0.15) is 5.10 Å². The average molecular weight is 331 g/mol. The second-order valence-electron chi connectivity index (χ2n) is 3.68. The van der Waals surface area contributed by atoms with Crippen molar-refractivity contribution in [3.05, 3.63) is 40.4 Å². The highest BCUT2D eigenvalue weighted by Crippen LogP contribution is 2.14. The third-order valence-electron chi connectivity index (χ3n) is 2.38. The second kappa shape index (κ2) is 5.17. The average Bonchev–Trinajstić information content (AvgIpc) is 2.72. The van der Waals surface area contributed by atoms with Crippen molar-refractivity contribution in [1.29, 1.82) is 0 Å². The van der Waals surface area contributed by atoms with Gasteiger partial charge in [0.25, 0.3) is 0 Å². The summed E-state index contributed by atoms with van der Waals surface area (Å²) in [5.41, 5.74) is 1.64. The maximum Gasteiger partial charge on any atom is 0.242 e. The predicted molar refractivity (Wildman–Crippen MR) is 69.3 cm³/mol. The lowest BCUT2D eigenvalue weighted by Gasteiger charge is -2.06. The molecule has 0 aromatic carbocycles. The summed E-state index contributed by atoms with van der Waals surface area (Å²) < 4.78 is 27.1. The van der Waals surface area contributed by atoms with Crippen molar-refractivity contribution in [3.8, 4) is 0 Å². The van der Waals surface area contributed by atoms with E-state index in [9.17, 15) is 8.42 Å². The molecule has 6 nitrogen and oxygen atoms in total. The van der Waals surface area contributed by atoms with E-state index in [1.165, 1.54) is 18.5 Å². The molecule has 0 aliphatic rings. The van der Waals surface area contributed by atoms with E-state index in [1.54, 1.807) is 6.20 Å². The molecule has 2 heterocycles. The number of aromatic amines is 1. The first-order valence-corrected chi connectivity index (χ1v) is 7.36. The number of sulfonamides is 1. The van der Waals surface area contributed by atoms with Gasteiger partial charge in [-0.25, -0.2) is 13.1 Å². The molecule has 18 heavy (non-hydrogen) atoms. The third kappa shape index (κ3) is 2.95. The summed E-state index contributed by atoms with van der Waals surface area (Å²) in [6, 6.07) is 1.50. The maximum absolute atomic E-state index is 12.0. The Morgan fingerprint density at radius 1 is 1.39 bits per heavy atom. The molecule has 0 fully saturated rings. The minimum absolute atomic E-state index is 0.123. The van der Waals surface area contributed by atoms with E-state index in [0.29, 0.717) is 4.47 Å². The number of nitrogens with zero attached hydrogens (tertiary/aromatic N) is 2. The lowest BCUT2D eigenvalue weighted by atomic mass is 10.3. The van der Waals surface area contributed by atoms with Crippen molar-refractivity contribution in [2.45, 2.75) is 18.4 Å². The Morgan fingerprint density at radius 2 is 2.17 bits per heavy atom. The molecule has 0 atom stereocenters. The van der Waals surface area contributed by atoms with Crippen molar-refractivity contribution in [1.82, 2.24) is 19.9 Å². The molecule has 0 spiro atoms. The van der Waals surface area contributed by atoms with Crippen LogP contribution in [-0.4, -0.2) is 23.6 Å². The third-order valence-corrected chi connectivity index (χ3v) is 4.18. The van der Waals surface area contributed by atoms with Crippen LogP contribution >= 0.6 is 15.9 Å². The standard InChI is InChI=1S/C10H11BrN4O2S/c1-7-8(3-13-15-7)4-14-18(16,17)10-2-9(11)5-12-6-10/h2-3,5-6,14H,4H2,1H3,(H,13,15). The molecule has 0 unspecified atom stereocenters. The quantitative estimate of drug-likeness (QED) is 0.885. The van der Waals surface area contributed by atoms with Crippen LogP contribution in [0.1, 0.15) is 11.3 Å². The molecule has 96 valence electrons. The van der Waals surface area contributed by atoms with Gasteiger partial charge in [0, 0.05) is 34.7 Å². The summed E-state index contributed by atoms with van der Waals surface area (Å²) in [6.45, 7) is 2.02. The first-order valence-electron chi connectivity index (χ1n) is 5.08. The Labute approximate surface area is 113 Å². The zero-order chi connectivity index (χ0) is 13.2. The molecule has 0 amide bonds. The molecule has 8 heteroatoms. The minimum atomic E-state index is -3.56. The Hall–Kier alpha value is -1.25. The van der Waals surface area contributed by atoms with Gasteiger partial charge in [0.05, 0.1) is 6.20 Å². The number of hydrogen-bond donors (Lipinski definition) is 2. The van der Waals surface area contributed by atoms with Crippen LogP contribution in [0, 0.1) is 6.92 Å². The van der Waals surface area contributed by atoms with Gasteiger partial charge in [0.15, 0.2) is 0 Å². The lowest BCUT2D eigenvalue weighted by molar-refractivity contribution is 0.580. The highest BCUT2D eigenvalue weighted by atomic mass is 79.9. The number of rotatable bonds is 4. The molecular weight excluding hydrogens is 320 g/mol. The van der Waals surface area contributed by atoms with Crippen LogP contribution in [0.2, 0.25) is 0 Å². The first kappa shape index (κ1) is 13.2. The first-order chi connectivity index (χ1) is 8.49. The Kier molecular flexibility index (Phi) is 3.79. The predicted octanol–water partition coefficient (Wildman–Crippen LogP) is 1.35. The number of aryl methyl sites for hydroxylation is 1. The summed E-state index contributed by atoms with van der Waals surface area (Å²) in [7, 11) is -3.56. The van der Waals surface area contributed by atoms with Crippen LogP contribution in [-0.2, 0) is 16.6 Å². The van der Waals surface area contributed by atoms with E-state index >= 15 is 0 Å². The molecule has 2 N–H and O–H groups in total. The van der Waals surface area contributed by atoms with Gasteiger partial charge in [-0.3, -0.25) is 10.1 Å². The van der Waals surface area contributed by atoms with E-state index in [1.807, 2.05) is 6.92 Å². The fourth-order valence-electron chi connectivity index (χ4n) is 1.35. The number of pyridine rings is 1. The van der Waals surface area contributed by atoms with E-state index in [0.717, 1.165) is 11.3 Å². The van der Waals surface area contributed by atoms with E-state index < -0.39 is 10.0 Å². The van der Waals surface area contributed by atoms with E-state index in [-0.39, 0.29) is 11.4 Å². The van der Waals surface area contributed by atoms with Gasteiger partial charge >= 0.3 is 0 Å². The fourth-order valence-corrected chi connectivity index (χ4v) is 2.86. The van der Waals surface area contributed by atoms with Crippen molar-refractivity contribution in [3.63, 3.8) is 0 Å². The van der Waals surface area contributed by atoms with Gasteiger partial charge in [0.1, 0.15) is 4.90 Å². The van der Waals surface area contributed by atoms with Crippen molar-refractivity contribution in [2.75, 3.05) is 0 Å². The molecular formula is C10H11BrN4O2S. The minimum Gasteiger partial charge on any atom is -0.283 e. The number of halogens is 1. The zero-order valence-electron chi connectivity index (χ0n) is 9.51. The fraction of sp³-hybridized carbons (Fsp3) is 0.200. The highest BCUT2D eigenvalue weighted by Gasteiger charge is 2.15. The summed E-state index contributed by atoms with van der Waals surface area (Å²) in [5, 5.41) is 6.58. The molecule has 2 rings (SSSR count). The van der Waals surface area contributed by atoms with Gasteiger partial charge in [-0.05, 0) is 28.9 Å². The smallest absolute Gasteiger partial charge is 0.242 e. The van der Waals surface area contributed by atoms with Crippen LogP contribution in [0.3, 0.4) is 0 Å². The number of nitrogens with one attached hydrogen (secondary N) is 2. The molecule has 2 aromatic heterocycles. The van der Waals surface area contributed by atoms with E-state index in [4.69, 9.17) is 0 Å². The highest BCUT2D eigenvalue weighted by molar-refractivity contribution is 9.10. The van der Waals surface area contributed by atoms with Crippen LogP contribution in [0.15, 0.2) is 34.0 Å². The number of aromatic nitrogens is 3. The van der Waals surface area contributed by atoms with Crippen LogP contribution < -0.4 is 4.72 Å². The molecule has 0 radical (unpaired) electrons. The molecule has 0 aliphatic carbocycles. The zero-order valence-corrected chi connectivity index (χ0v) is 11.9. The lowest BCUT2D eigenvalue weighted by Crippen LogP contribution is -2.23. The molecule has 0 saturated heterocycles. The Morgan fingerprint density at radius 3 is 2.78 bits per heavy atom. The number of H-pyrrole nitrogens is 1. The second-order valence-corrected chi connectivity index (χ2v) is 6.37. The topological polar surface area (TPSA) is 87.7 Å². The Balaban J connectivity index is 2.16. The summed E-state index contributed by atoms with van der Waals surface area (Å²) in [4.78, 5) is 3.95. The van der Waals surface area contributed by atoms with Crippen molar-refractivity contribution >= 4 is 26.0 Å². The van der Waals surface area contributed by atoms with Gasteiger partial charge < -0.3 is 0 Å². The summed E-state index contributed by atoms with van der Waals surface area (Å²) in [6.07, 6.45) is 4.42. The van der Waals surface area contributed by atoms with Gasteiger partial charge in [-0.1, -0.05) is 0 Å². The molecule has 0 aliphatic heterocycles. The van der Waals surface area contributed by atoms with Crippen molar-refractivity contribution < 1.29 is 8.42 Å². The summed E-state index contributed by atoms with van der Waals surface area (Å²) in [5.74, 6) is 0. The van der Waals surface area contributed by atoms with Crippen LogP contribution in [0.5, 0.6) is 0 Å². The maximum atomic E-state index is 12.0. The summed E-state index contributed by atoms with van der Waals surface area (Å²) >= 11 is 3.19. The van der Waals surface area contributed by atoms with E-state index in [2.05, 4.69) is 35.8 Å². The molecule has 0 saturated carbocycles. The van der Waals surface area contributed by atoms with Crippen LogP contribution in [0.25, 0.3) is 0 Å². The molecule has 2 aromatic rings. The molecule has 0 bridgehead atoms. The largest absolute Gasteiger partial charge is 0.283 e. The van der Waals surface area contributed by atoms with Crippen molar-refractivity contribution in [2.24, 2.45) is 0 Å². The number of hydrogen-bond acceptors (Lipinski definition) is 4. The van der Waals surface area contributed by atoms with Gasteiger partial charge in [-0.15, -0.1) is 0 Å². The Bertz CT molecular complexity index is 653. The van der Waals surface area contributed by atoms with Crippen LogP contribution in [0.4, 0.5) is 0 Å². The SMILES string of the molecule is Cc1[nH]ncc1CNS(=O)(=O)c1cncc(Br)c1. The van der Waals surface area contributed by atoms with Gasteiger partial charge in [0.2, 0.25) is 10.0 Å². The monoisotopic (exact) mass is 330 g/mol. The normalized spacial score (nSPS) is 11.7.